The highest BCUT2D eigenvalue weighted by Gasteiger charge is 2.17. The van der Waals surface area contributed by atoms with Crippen molar-refractivity contribution in [3.63, 3.8) is 0 Å². The fourth-order valence-corrected chi connectivity index (χ4v) is 2.10. The van der Waals surface area contributed by atoms with Gasteiger partial charge in [-0.3, -0.25) is 4.79 Å². The molecule has 0 aliphatic rings. The zero-order valence-corrected chi connectivity index (χ0v) is 13.4. The lowest BCUT2D eigenvalue weighted by atomic mass is 10.2. The van der Waals surface area contributed by atoms with E-state index < -0.39 is 6.61 Å². The van der Waals surface area contributed by atoms with Crippen LogP contribution in [0.15, 0.2) is 24.3 Å². The molecule has 0 saturated carbocycles. The van der Waals surface area contributed by atoms with Crippen molar-refractivity contribution >= 4 is 5.91 Å². The van der Waals surface area contributed by atoms with Gasteiger partial charge in [-0.15, -0.1) is 5.10 Å². The molecular formula is C15H19F2N5O2. The van der Waals surface area contributed by atoms with Gasteiger partial charge in [-0.25, -0.2) is 4.68 Å². The minimum Gasteiger partial charge on any atom is -0.435 e. The van der Waals surface area contributed by atoms with E-state index in [1.54, 1.807) is 19.1 Å². The zero-order chi connectivity index (χ0) is 17.5. The third-order valence-electron chi connectivity index (χ3n) is 3.31. The van der Waals surface area contributed by atoms with Crippen molar-refractivity contribution in [1.82, 2.24) is 25.6 Å². The van der Waals surface area contributed by atoms with Crippen LogP contribution < -0.4 is 15.4 Å². The maximum Gasteiger partial charge on any atom is 0.387 e. The molecule has 0 saturated heterocycles. The van der Waals surface area contributed by atoms with Crippen LogP contribution in [0.3, 0.4) is 0 Å². The van der Waals surface area contributed by atoms with Crippen molar-refractivity contribution in [1.29, 1.82) is 0 Å². The number of amides is 1. The van der Waals surface area contributed by atoms with E-state index in [9.17, 15) is 13.6 Å². The molecule has 0 spiro atoms. The summed E-state index contributed by atoms with van der Waals surface area (Å²) in [5.41, 5.74) is 1.38. The summed E-state index contributed by atoms with van der Waals surface area (Å²) in [4.78, 5) is 12.1. The molecule has 0 bridgehead atoms. The molecular weight excluding hydrogens is 320 g/mol. The minimum absolute atomic E-state index is 0.0500. The fourth-order valence-electron chi connectivity index (χ4n) is 2.10. The first-order chi connectivity index (χ1) is 11.5. The van der Waals surface area contributed by atoms with E-state index in [4.69, 9.17) is 0 Å². The molecule has 0 unspecified atom stereocenters. The SMILES string of the molecule is CNCCCNC(=O)c1nnn(-c2ccc(OC(F)F)cc2)c1C. The van der Waals surface area contributed by atoms with Crippen LogP contribution in [-0.4, -0.2) is 47.6 Å². The molecule has 1 aromatic carbocycles. The summed E-state index contributed by atoms with van der Waals surface area (Å²) < 4.78 is 30.1. The van der Waals surface area contributed by atoms with Crippen molar-refractivity contribution in [3.05, 3.63) is 35.7 Å². The molecule has 0 atom stereocenters. The van der Waals surface area contributed by atoms with E-state index in [0.29, 0.717) is 17.9 Å². The number of carbonyl (C=O) groups excluding carboxylic acids is 1. The number of hydrogen-bond acceptors (Lipinski definition) is 5. The Morgan fingerprint density at radius 2 is 2.00 bits per heavy atom. The predicted molar refractivity (Wildman–Crippen MR) is 83.6 cm³/mol. The number of carbonyl (C=O) groups is 1. The number of ether oxygens (including phenoxy) is 1. The first kappa shape index (κ1) is 17.8. The molecule has 130 valence electrons. The smallest absolute Gasteiger partial charge is 0.387 e. The van der Waals surface area contributed by atoms with E-state index in [2.05, 4.69) is 25.7 Å². The van der Waals surface area contributed by atoms with Gasteiger partial charge in [0.15, 0.2) is 5.69 Å². The lowest BCUT2D eigenvalue weighted by Gasteiger charge is -2.07. The van der Waals surface area contributed by atoms with Crippen LogP contribution in [0, 0.1) is 6.92 Å². The number of alkyl halides is 2. The van der Waals surface area contributed by atoms with Crippen molar-refractivity contribution in [2.75, 3.05) is 20.1 Å². The Morgan fingerprint density at radius 1 is 1.29 bits per heavy atom. The van der Waals surface area contributed by atoms with Crippen LogP contribution in [0.5, 0.6) is 5.75 Å². The summed E-state index contributed by atoms with van der Waals surface area (Å²) >= 11 is 0. The zero-order valence-electron chi connectivity index (χ0n) is 13.4. The molecule has 2 N–H and O–H groups in total. The average Bonchev–Trinajstić information content (AvgIpc) is 2.93. The summed E-state index contributed by atoms with van der Waals surface area (Å²) in [6, 6.07) is 5.93. The fraction of sp³-hybridized carbons (Fsp3) is 0.400. The number of nitrogens with zero attached hydrogens (tertiary/aromatic N) is 3. The van der Waals surface area contributed by atoms with Gasteiger partial charge in [-0.2, -0.15) is 8.78 Å². The van der Waals surface area contributed by atoms with Crippen molar-refractivity contribution < 1.29 is 18.3 Å². The lowest BCUT2D eigenvalue weighted by Crippen LogP contribution is -2.27. The Balaban J connectivity index is 2.07. The van der Waals surface area contributed by atoms with E-state index in [1.165, 1.54) is 16.8 Å². The Labute approximate surface area is 138 Å². The highest BCUT2D eigenvalue weighted by molar-refractivity contribution is 5.93. The standard InChI is InChI=1S/C15H19F2N5O2/c1-10-13(14(23)19-9-3-8-18-2)20-21-22(10)11-4-6-12(7-5-11)24-15(16)17/h4-7,15,18H,3,8-9H2,1-2H3,(H,19,23). The van der Waals surface area contributed by atoms with Crippen molar-refractivity contribution in [2.24, 2.45) is 0 Å². The summed E-state index contributed by atoms with van der Waals surface area (Å²) in [6.45, 7) is 0.179. The third kappa shape index (κ3) is 4.48. The summed E-state index contributed by atoms with van der Waals surface area (Å²) in [5, 5.41) is 13.6. The van der Waals surface area contributed by atoms with Crippen LogP contribution in [0.4, 0.5) is 8.78 Å². The van der Waals surface area contributed by atoms with Gasteiger partial charge < -0.3 is 15.4 Å². The second-order valence-corrected chi connectivity index (χ2v) is 5.02. The van der Waals surface area contributed by atoms with E-state index in [0.717, 1.165) is 13.0 Å². The summed E-state index contributed by atoms with van der Waals surface area (Å²) in [6.07, 6.45) is 0.807. The van der Waals surface area contributed by atoms with Gasteiger partial charge in [0.25, 0.3) is 5.91 Å². The van der Waals surface area contributed by atoms with Gasteiger partial charge in [-0.05, 0) is 51.2 Å². The molecule has 2 rings (SSSR count). The lowest BCUT2D eigenvalue weighted by molar-refractivity contribution is -0.0498. The van der Waals surface area contributed by atoms with Crippen LogP contribution in [0.2, 0.25) is 0 Å². The number of aromatic nitrogens is 3. The van der Waals surface area contributed by atoms with Crippen LogP contribution in [-0.2, 0) is 0 Å². The highest BCUT2D eigenvalue weighted by atomic mass is 19.3. The minimum atomic E-state index is -2.87. The van der Waals surface area contributed by atoms with E-state index in [-0.39, 0.29) is 17.4 Å². The number of benzene rings is 1. The molecule has 24 heavy (non-hydrogen) atoms. The predicted octanol–water partition coefficient (Wildman–Crippen LogP) is 1.52. The number of nitrogens with one attached hydrogen (secondary N) is 2. The van der Waals surface area contributed by atoms with Gasteiger partial charge >= 0.3 is 6.61 Å². The number of halogens is 2. The Bertz CT molecular complexity index is 673. The maximum absolute atomic E-state index is 12.2. The first-order valence-corrected chi connectivity index (χ1v) is 7.43. The van der Waals surface area contributed by atoms with Crippen molar-refractivity contribution in [2.45, 2.75) is 20.0 Å². The monoisotopic (exact) mass is 339 g/mol. The Hall–Kier alpha value is -2.55. The van der Waals surface area contributed by atoms with Gasteiger partial charge in [0.2, 0.25) is 0 Å². The van der Waals surface area contributed by atoms with Crippen molar-refractivity contribution in [3.8, 4) is 11.4 Å². The molecule has 1 aromatic heterocycles. The number of hydrogen-bond donors (Lipinski definition) is 2. The highest BCUT2D eigenvalue weighted by Crippen LogP contribution is 2.18. The normalized spacial score (nSPS) is 10.9. The second-order valence-electron chi connectivity index (χ2n) is 5.02. The Morgan fingerprint density at radius 3 is 2.62 bits per heavy atom. The molecule has 1 amide bonds. The van der Waals surface area contributed by atoms with Gasteiger partial charge in [-0.1, -0.05) is 5.21 Å². The topological polar surface area (TPSA) is 81.1 Å². The maximum atomic E-state index is 12.2. The summed E-state index contributed by atoms with van der Waals surface area (Å²) in [7, 11) is 1.84. The quantitative estimate of drug-likeness (QED) is 0.713. The molecule has 0 aliphatic heterocycles. The van der Waals surface area contributed by atoms with Crippen LogP contribution >= 0.6 is 0 Å². The Kier molecular flexibility index (Phi) is 6.19. The third-order valence-corrected chi connectivity index (χ3v) is 3.31. The van der Waals surface area contributed by atoms with Crippen LogP contribution in [0.25, 0.3) is 5.69 Å². The van der Waals surface area contributed by atoms with Gasteiger partial charge in [0, 0.05) is 6.54 Å². The molecule has 0 radical (unpaired) electrons. The van der Waals surface area contributed by atoms with Gasteiger partial charge in [0.1, 0.15) is 5.75 Å². The number of rotatable bonds is 8. The second kappa shape index (κ2) is 8.34. The summed E-state index contributed by atoms with van der Waals surface area (Å²) in [5.74, 6) is -0.249. The van der Waals surface area contributed by atoms with Crippen LogP contribution in [0.1, 0.15) is 22.6 Å². The molecule has 1 heterocycles. The largest absolute Gasteiger partial charge is 0.435 e. The molecule has 7 nitrogen and oxygen atoms in total. The molecule has 9 heteroatoms. The average molecular weight is 339 g/mol. The van der Waals surface area contributed by atoms with E-state index in [1.807, 2.05) is 7.05 Å². The van der Waals surface area contributed by atoms with E-state index >= 15 is 0 Å². The molecule has 2 aromatic rings. The molecule has 0 aliphatic carbocycles. The molecule has 0 fully saturated rings. The first-order valence-electron chi connectivity index (χ1n) is 7.43. The van der Waals surface area contributed by atoms with Gasteiger partial charge in [0.05, 0.1) is 11.4 Å².